The van der Waals surface area contributed by atoms with Crippen molar-refractivity contribution in [2.75, 3.05) is 6.61 Å². The number of unbranched alkanes of at least 4 members (excludes halogenated alkanes) is 34. The molecule has 0 aromatic carbocycles. The monoisotopic (exact) mass is 750 g/mol. The lowest BCUT2D eigenvalue weighted by molar-refractivity contribution is -0.124. The van der Waals surface area contributed by atoms with Crippen LogP contribution in [-0.4, -0.2) is 46.1 Å². The van der Waals surface area contributed by atoms with Gasteiger partial charge in [0.15, 0.2) is 0 Å². The predicted octanol–water partition coefficient (Wildman–Crippen LogP) is 14.0. The molecule has 1 amide bonds. The molecule has 0 aliphatic heterocycles. The van der Waals surface area contributed by atoms with Crippen LogP contribution in [0.3, 0.4) is 0 Å². The number of hydrogen-bond acceptors (Lipinski definition) is 4. The van der Waals surface area contributed by atoms with E-state index >= 15 is 0 Å². The third-order valence-corrected chi connectivity index (χ3v) is 11.4. The van der Waals surface area contributed by atoms with E-state index in [1.54, 1.807) is 0 Å². The second-order valence-corrected chi connectivity index (χ2v) is 16.7. The Bertz CT molecular complexity index is 743. The van der Waals surface area contributed by atoms with Crippen LogP contribution in [0.15, 0.2) is 12.2 Å². The first-order chi connectivity index (χ1) is 26.1. The smallest absolute Gasteiger partial charge is 0.220 e. The normalized spacial score (nSPS) is 13.5. The Balaban J connectivity index is 3.58. The Kier molecular flexibility index (Phi) is 43.1. The number of aliphatic hydroxyl groups excluding tert-OH is 3. The highest BCUT2D eigenvalue weighted by Crippen LogP contribution is 2.17. The number of aliphatic hydroxyl groups is 3. The van der Waals surface area contributed by atoms with E-state index in [1.807, 2.05) is 0 Å². The molecule has 3 unspecified atom stereocenters. The summed E-state index contributed by atoms with van der Waals surface area (Å²) in [7, 11) is 0. The molecular formula is C48H95NO4. The fraction of sp³-hybridized carbons (Fsp3) is 0.938. The molecule has 0 rings (SSSR count). The number of carbonyl (C=O) groups is 1. The van der Waals surface area contributed by atoms with Crippen molar-refractivity contribution < 1.29 is 20.1 Å². The van der Waals surface area contributed by atoms with E-state index in [4.69, 9.17) is 0 Å². The molecule has 0 heterocycles. The lowest BCUT2D eigenvalue weighted by atomic mass is 9.99. The second-order valence-electron chi connectivity index (χ2n) is 16.7. The van der Waals surface area contributed by atoms with Crippen molar-refractivity contribution in [2.24, 2.45) is 0 Å². The van der Waals surface area contributed by atoms with Crippen molar-refractivity contribution in [3.8, 4) is 0 Å². The minimum Gasteiger partial charge on any atom is -0.394 e. The Hall–Kier alpha value is -0.910. The van der Waals surface area contributed by atoms with Crippen LogP contribution < -0.4 is 5.32 Å². The zero-order valence-corrected chi connectivity index (χ0v) is 35.9. The van der Waals surface area contributed by atoms with Crippen LogP contribution in [0.5, 0.6) is 0 Å². The molecule has 0 radical (unpaired) electrons. The molecule has 0 aromatic rings. The highest BCUT2D eigenvalue weighted by atomic mass is 16.3. The van der Waals surface area contributed by atoms with Gasteiger partial charge in [0, 0.05) is 6.42 Å². The fourth-order valence-electron chi connectivity index (χ4n) is 7.63. The molecule has 0 aliphatic carbocycles. The van der Waals surface area contributed by atoms with Crippen LogP contribution in [0.4, 0.5) is 0 Å². The largest absolute Gasteiger partial charge is 0.394 e. The Morgan fingerprint density at radius 1 is 0.453 bits per heavy atom. The van der Waals surface area contributed by atoms with Gasteiger partial charge >= 0.3 is 0 Å². The van der Waals surface area contributed by atoms with Crippen LogP contribution in [-0.2, 0) is 4.79 Å². The van der Waals surface area contributed by atoms with Gasteiger partial charge in [-0.1, -0.05) is 231 Å². The molecule has 0 fully saturated rings. The molecule has 5 heteroatoms. The molecular weight excluding hydrogens is 655 g/mol. The first-order valence-corrected chi connectivity index (χ1v) is 24.0. The number of amides is 1. The molecule has 4 N–H and O–H groups in total. The average Bonchev–Trinajstić information content (AvgIpc) is 3.16. The summed E-state index contributed by atoms with van der Waals surface area (Å²) < 4.78 is 0. The second kappa shape index (κ2) is 43.8. The number of carbonyl (C=O) groups excluding carboxylic acids is 1. The fourth-order valence-corrected chi connectivity index (χ4v) is 7.63. The van der Waals surface area contributed by atoms with Crippen molar-refractivity contribution in [1.82, 2.24) is 5.32 Å². The maximum atomic E-state index is 12.5. The Morgan fingerprint density at radius 2 is 0.755 bits per heavy atom. The lowest BCUT2D eigenvalue weighted by Crippen LogP contribution is -2.50. The third-order valence-electron chi connectivity index (χ3n) is 11.4. The molecule has 5 nitrogen and oxygen atoms in total. The molecule has 3 atom stereocenters. The first-order valence-electron chi connectivity index (χ1n) is 24.0. The summed E-state index contributed by atoms with van der Waals surface area (Å²) in [6, 6.07) is -0.808. The SMILES string of the molecule is CCCCCCCCCCCCC/C=C\CCCCCCCCCC(=O)NC(CO)C(O)C(O)CCCCCCCCCCCCCCCCCCC. The van der Waals surface area contributed by atoms with Crippen LogP contribution in [0.1, 0.15) is 264 Å². The summed E-state index contributed by atoms with van der Waals surface area (Å²) in [5, 5.41) is 33.6. The van der Waals surface area contributed by atoms with Gasteiger partial charge in [0.2, 0.25) is 5.91 Å². The van der Waals surface area contributed by atoms with Crippen LogP contribution in [0.2, 0.25) is 0 Å². The molecule has 0 aliphatic rings. The summed E-state index contributed by atoms with van der Waals surface area (Å²) in [6.07, 6.45) is 51.8. The van der Waals surface area contributed by atoms with Crippen molar-refractivity contribution >= 4 is 5.91 Å². The number of allylic oxidation sites excluding steroid dienone is 2. The van der Waals surface area contributed by atoms with Crippen molar-refractivity contribution in [3.05, 3.63) is 12.2 Å². The van der Waals surface area contributed by atoms with Crippen LogP contribution in [0.25, 0.3) is 0 Å². The minimum absolute atomic E-state index is 0.145. The topological polar surface area (TPSA) is 89.8 Å². The van der Waals surface area contributed by atoms with Crippen molar-refractivity contribution in [3.63, 3.8) is 0 Å². The van der Waals surface area contributed by atoms with Gasteiger partial charge in [-0.05, 0) is 38.5 Å². The highest BCUT2D eigenvalue weighted by molar-refractivity contribution is 5.76. The maximum absolute atomic E-state index is 12.5. The van der Waals surface area contributed by atoms with Gasteiger partial charge in [-0.15, -0.1) is 0 Å². The number of nitrogens with one attached hydrogen (secondary N) is 1. The minimum atomic E-state index is -1.13. The standard InChI is InChI=1S/C48H95NO4/c1-3-5-7-9-11-13-15-17-19-21-22-23-24-25-27-29-31-33-35-37-39-41-43-47(52)49-45(44-50)48(53)46(51)42-40-38-36-34-32-30-28-26-20-18-16-14-12-10-8-6-4-2/h24-25,45-46,48,50-51,53H,3-23,26-44H2,1-2H3,(H,49,52)/b25-24-. The molecule has 53 heavy (non-hydrogen) atoms. The summed E-state index contributed by atoms with van der Waals surface area (Å²) >= 11 is 0. The Morgan fingerprint density at radius 3 is 1.09 bits per heavy atom. The van der Waals surface area contributed by atoms with Gasteiger partial charge in [0.25, 0.3) is 0 Å². The van der Waals surface area contributed by atoms with Gasteiger partial charge in [-0.3, -0.25) is 4.79 Å². The molecule has 316 valence electrons. The number of rotatable bonds is 44. The quantitative estimate of drug-likeness (QED) is 0.0369. The van der Waals surface area contributed by atoms with Crippen LogP contribution >= 0.6 is 0 Å². The van der Waals surface area contributed by atoms with Crippen molar-refractivity contribution in [1.29, 1.82) is 0 Å². The molecule has 0 spiro atoms. The zero-order chi connectivity index (χ0) is 38.7. The Labute approximate surface area is 331 Å². The van der Waals surface area contributed by atoms with E-state index < -0.39 is 18.2 Å². The van der Waals surface area contributed by atoms with E-state index in [9.17, 15) is 20.1 Å². The predicted molar refractivity (Wildman–Crippen MR) is 232 cm³/mol. The van der Waals surface area contributed by atoms with Gasteiger partial charge in [0.05, 0.1) is 18.8 Å². The van der Waals surface area contributed by atoms with Gasteiger partial charge in [-0.25, -0.2) is 0 Å². The zero-order valence-electron chi connectivity index (χ0n) is 35.9. The summed E-state index contributed by atoms with van der Waals surface area (Å²) in [5.41, 5.74) is 0. The molecule has 0 saturated carbocycles. The van der Waals surface area contributed by atoms with E-state index in [0.717, 1.165) is 38.5 Å². The molecule has 0 bridgehead atoms. The third kappa shape index (κ3) is 39.1. The van der Waals surface area contributed by atoms with Crippen LogP contribution in [0, 0.1) is 0 Å². The van der Waals surface area contributed by atoms with E-state index in [0.29, 0.717) is 12.8 Å². The van der Waals surface area contributed by atoms with E-state index in [1.165, 1.54) is 199 Å². The molecule has 0 saturated heterocycles. The summed E-state index contributed by atoms with van der Waals surface area (Å²) in [5.74, 6) is -0.145. The van der Waals surface area contributed by atoms with E-state index in [-0.39, 0.29) is 12.5 Å². The van der Waals surface area contributed by atoms with Gasteiger partial charge in [0.1, 0.15) is 6.10 Å². The average molecular weight is 750 g/mol. The maximum Gasteiger partial charge on any atom is 0.220 e. The summed E-state index contributed by atoms with van der Waals surface area (Å²) in [4.78, 5) is 12.5. The first kappa shape index (κ1) is 52.1. The summed E-state index contributed by atoms with van der Waals surface area (Å²) in [6.45, 7) is 4.20. The lowest BCUT2D eigenvalue weighted by Gasteiger charge is -2.26. The van der Waals surface area contributed by atoms with Crippen molar-refractivity contribution in [2.45, 2.75) is 283 Å². The van der Waals surface area contributed by atoms with Gasteiger partial charge in [-0.2, -0.15) is 0 Å². The highest BCUT2D eigenvalue weighted by Gasteiger charge is 2.26. The number of hydrogen-bond donors (Lipinski definition) is 4. The molecule has 0 aromatic heterocycles. The van der Waals surface area contributed by atoms with E-state index in [2.05, 4.69) is 31.3 Å². The van der Waals surface area contributed by atoms with Gasteiger partial charge < -0.3 is 20.6 Å².